The maximum Gasteiger partial charge on any atom is 0.414 e. The standard InChI is InChI=1S/C28H35Cl2F3N6O.ClH/c1-16-15-37(12-10-23(16)38-11-4-5-20(38)7-9-24(40)28(31,32)33)25-14-34-26-17(2)36-39(27(26)35-25)18(3)21-8-6-19(29)13-22(21)30;/h6,8,13-14,16,18,20,23-24,40H,4-5,7,9-12,15H2,1-3H3;1H/t16?,18-,20+,23?,24?;/m1./s1. The van der Waals surface area contributed by atoms with Crippen LogP contribution in [0.2, 0.25) is 10.0 Å². The fourth-order valence-electron chi connectivity index (χ4n) is 6.39. The Bertz CT molecular complexity index is 1360. The van der Waals surface area contributed by atoms with Crippen molar-refractivity contribution >= 4 is 52.6 Å². The number of aliphatic hydroxyl groups is 1. The molecule has 0 spiro atoms. The number of alkyl halides is 3. The molecule has 2 fully saturated rings. The Morgan fingerprint density at radius 1 is 1.17 bits per heavy atom. The van der Waals surface area contributed by atoms with Crippen LogP contribution in [0.5, 0.6) is 0 Å². The average Bonchev–Trinajstić information content (AvgIpc) is 3.50. The highest BCUT2D eigenvalue weighted by atomic mass is 35.5. The molecule has 3 unspecified atom stereocenters. The van der Waals surface area contributed by atoms with E-state index in [1.807, 2.05) is 30.7 Å². The zero-order valence-corrected chi connectivity index (χ0v) is 25.6. The van der Waals surface area contributed by atoms with Gasteiger partial charge in [-0.15, -0.1) is 12.4 Å². The lowest BCUT2D eigenvalue weighted by Crippen LogP contribution is -2.52. The summed E-state index contributed by atoms with van der Waals surface area (Å²) in [5.74, 6) is 1.07. The van der Waals surface area contributed by atoms with Crippen molar-refractivity contribution in [3.8, 4) is 0 Å². The van der Waals surface area contributed by atoms with Crippen LogP contribution in [0.15, 0.2) is 24.4 Å². The predicted octanol–water partition coefficient (Wildman–Crippen LogP) is 6.86. The third kappa shape index (κ3) is 6.72. The number of benzene rings is 1. The summed E-state index contributed by atoms with van der Waals surface area (Å²) in [5.41, 5.74) is 3.10. The van der Waals surface area contributed by atoms with Gasteiger partial charge in [0.2, 0.25) is 0 Å². The van der Waals surface area contributed by atoms with Crippen molar-refractivity contribution in [1.29, 1.82) is 0 Å². The van der Waals surface area contributed by atoms with E-state index >= 15 is 0 Å². The molecule has 0 aliphatic carbocycles. The number of anilines is 1. The highest BCUT2D eigenvalue weighted by Gasteiger charge is 2.41. The second-order valence-corrected chi connectivity index (χ2v) is 12.1. The van der Waals surface area contributed by atoms with E-state index in [0.717, 1.165) is 61.5 Å². The van der Waals surface area contributed by atoms with Gasteiger partial charge in [-0.05, 0) is 76.1 Å². The van der Waals surface area contributed by atoms with Crippen LogP contribution >= 0.6 is 35.6 Å². The first-order chi connectivity index (χ1) is 18.9. The monoisotopic (exact) mass is 634 g/mol. The molecule has 0 amide bonds. The summed E-state index contributed by atoms with van der Waals surface area (Å²) in [6.07, 6.45) is -2.18. The molecule has 2 aromatic heterocycles. The van der Waals surface area contributed by atoms with E-state index in [9.17, 15) is 18.3 Å². The third-order valence-electron chi connectivity index (χ3n) is 8.52. The summed E-state index contributed by atoms with van der Waals surface area (Å²) in [6, 6.07) is 5.60. The molecule has 3 aromatic rings. The minimum atomic E-state index is -4.56. The van der Waals surface area contributed by atoms with Crippen molar-refractivity contribution in [2.75, 3.05) is 24.5 Å². The number of fused-ring (bicyclic) bond motifs is 1. The number of hydrogen-bond acceptors (Lipinski definition) is 6. The zero-order valence-electron chi connectivity index (χ0n) is 23.3. The van der Waals surface area contributed by atoms with E-state index in [-0.39, 0.29) is 42.9 Å². The minimum absolute atomic E-state index is 0. The summed E-state index contributed by atoms with van der Waals surface area (Å²) >= 11 is 12.6. The number of aryl methyl sites for hydroxylation is 1. The Kier molecular flexibility index (Phi) is 10.0. The molecule has 2 aliphatic rings. The minimum Gasteiger partial charge on any atom is -0.384 e. The zero-order chi connectivity index (χ0) is 28.8. The van der Waals surface area contributed by atoms with Gasteiger partial charge in [-0.3, -0.25) is 4.90 Å². The molecule has 2 aliphatic heterocycles. The number of nitrogens with zero attached hydrogens (tertiary/aromatic N) is 6. The molecule has 1 aromatic carbocycles. The van der Waals surface area contributed by atoms with Gasteiger partial charge in [0.05, 0.1) is 17.9 Å². The number of hydrogen-bond donors (Lipinski definition) is 1. The maximum atomic E-state index is 12.8. The lowest BCUT2D eigenvalue weighted by molar-refractivity contribution is -0.206. The van der Waals surface area contributed by atoms with E-state index in [4.69, 9.17) is 38.3 Å². The molecule has 4 heterocycles. The highest BCUT2D eigenvalue weighted by Crippen LogP contribution is 2.35. The van der Waals surface area contributed by atoms with E-state index in [1.165, 1.54) is 0 Å². The fraction of sp³-hybridized carbons (Fsp3) is 0.607. The van der Waals surface area contributed by atoms with Gasteiger partial charge in [-0.2, -0.15) is 18.3 Å². The first-order valence-corrected chi connectivity index (χ1v) is 14.6. The van der Waals surface area contributed by atoms with E-state index in [1.54, 1.807) is 12.3 Å². The van der Waals surface area contributed by atoms with Gasteiger partial charge in [0.1, 0.15) is 17.4 Å². The van der Waals surface area contributed by atoms with Crippen LogP contribution in [0.3, 0.4) is 0 Å². The van der Waals surface area contributed by atoms with Crippen LogP contribution in [-0.4, -0.2) is 73.8 Å². The van der Waals surface area contributed by atoms with Gasteiger partial charge in [0.15, 0.2) is 5.65 Å². The Morgan fingerprint density at radius 2 is 1.93 bits per heavy atom. The van der Waals surface area contributed by atoms with Crippen molar-refractivity contribution < 1.29 is 18.3 Å². The Morgan fingerprint density at radius 3 is 2.61 bits per heavy atom. The van der Waals surface area contributed by atoms with Crippen LogP contribution in [0, 0.1) is 12.8 Å². The van der Waals surface area contributed by atoms with E-state index in [2.05, 4.69) is 16.7 Å². The summed E-state index contributed by atoms with van der Waals surface area (Å²) in [7, 11) is 0. The SMILES string of the molecule is Cc1nn([C@H](C)c2ccc(Cl)cc2Cl)c2nc(N3CCC(N4CCC[C@H]4CCC(O)C(F)(F)F)C(C)C3)cnc12.Cl. The van der Waals surface area contributed by atoms with E-state index in [0.29, 0.717) is 22.1 Å². The van der Waals surface area contributed by atoms with Gasteiger partial charge in [0, 0.05) is 35.2 Å². The maximum absolute atomic E-state index is 12.8. The highest BCUT2D eigenvalue weighted by molar-refractivity contribution is 6.35. The van der Waals surface area contributed by atoms with Gasteiger partial charge < -0.3 is 10.0 Å². The molecule has 0 radical (unpaired) electrons. The molecule has 2 saturated heterocycles. The second kappa shape index (κ2) is 12.8. The average molecular weight is 636 g/mol. The van der Waals surface area contributed by atoms with Crippen molar-refractivity contribution in [1.82, 2.24) is 24.6 Å². The normalized spacial score (nSPS) is 23.5. The number of likely N-dealkylation sites (tertiary alicyclic amines) is 1. The summed E-state index contributed by atoms with van der Waals surface area (Å²) in [4.78, 5) is 14.3. The number of halogens is 6. The Labute approximate surface area is 254 Å². The predicted molar refractivity (Wildman–Crippen MR) is 158 cm³/mol. The van der Waals surface area contributed by atoms with Crippen LogP contribution in [0.25, 0.3) is 11.2 Å². The number of aliphatic hydroxyl groups excluding tert-OH is 1. The first kappa shape index (κ1) is 32.1. The molecule has 41 heavy (non-hydrogen) atoms. The molecule has 1 N–H and O–H groups in total. The molecule has 13 heteroatoms. The molecule has 5 rings (SSSR count). The topological polar surface area (TPSA) is 70.3 Å². The Hall–Kier alpha value is -1.85. The number of rotatable bonds is 7. The number of piperidine rings is 1. The van der Waals surface area contributed by atoms with Crippen LogP contribution in [0.1, 0.15) is 63.3 Å². The molecule has 0 bridgehead atoms. The van der Waals surface area contributed by atoms with Gasteiger partial charge in [-0.1, -0.05) is 36.2 Å². The van der Waals surface area contributed by atoms with Crippen molar-refractivity contribution in [2.24, 2.45) is 5.92 Å². The van der Waals surface area contributed by atoms with E-state index < -0.39 is 12.3 Å². The summed E-state index contributed by atoms with van der Waals surface area (Å²) in [5, 5.41) is 15.4. The third-order valence-corrected chi connectivity index (χ3v) is 9.08. The van der Waals surface area contributed by atoms with Crippen molar-refractivity contribution in [3.05, 3.63) is 45.7 Å². The molecule has 0 saturated carbocycles. The first-order valence-electron chi connectivity index (χ1n) is 13.9. The van der Waals surface area contributed by atoms with Crippen molar-refractivity contribution in [2.45, 2.75) is 83.3 Å². The molecular formula is C28H36Cl3F3N6O. The smallest absolute Gasteiger partial charge is 0.384 e. The van der Waals surface area contributed by atoms with Crippen LogP contribution in [-0.2, 0) is 0 Å². The van der Waals surface area contributed by atoms with Crippen LogP contribution in [0.4, 0.5) is 19.0 Å². The van der Waals surface area contributed by atoms with Gasteiger partial charge >= 0.3 is 6.18 Å². The second-order valence-electron chi connectivity index (χ2n) is 11.2. The lowest BCUT2D eigenvalue weighted by Gasteiger charge is -2.44. The van der Waals surface area contributed by atoms with Crippen molar-refractivity contribution in [3.63, 3.8) is 0 Å². The lowest BCUT2D eigenvalue weighted by atomic mass is 9.91. The summed E-state index contributed by atoms with van der Waals surface area (Å²) in [6.45, 7) is 8.55. The quantitative estimate of drug-likeness (QED) is 0.306. The molecule has 226 valence electrons. The largest absolute Gasteiger partial charge is 0.414 e. The molecule has 7 nitrogen and oxygen atoms in total. The Balaban J connectivity index is 0.00000387. The summed E-state index contributed by atoms with van der Waals surface area (Å²) < 4.78 is 40.4. The van der Waals surface area contributed by atoms with Gasteiger partial charge in [-0.25, -0.2) is 14.6 Å². The molecular weight excluding hydrogens is 600 g/mol. The van der Waals surface area contributed by atoms with Crippen LogP contribution < -0.4 is 4.90 Å². The fourth-order valence-corrected chi connectivity index (χ4v) is 6.96. The number of aromatic nitrogens is 4. The van der Waals surface area contributed by atoms with Gasteiger partial charge in [0.25, 0.3) is 0 Å². The molecule has 5 atom stereocenters.